The molecule has 1 aromatic carbocycles. The third kappa shape index (κ3) is 3.70. The zero-order valence-electron chi connectivity index (χ0n) is 16.3. The van der Waals surface area contributed by atoms with Gasteiger partial charge in [0.2, 0.25) is 5.91 Å². The maximum Gasteiger partial charge on any atom is 0.316 e. The molecule has 1 N–H and O–H groups in total. The van der Waals surface area contributed by atoms with Crippen molar-refractivity contribution in [3.05, 3.63) is 55.2 Å². The minimum Gasteiger partial charge on any atom is -0.378 e. The molecule has 1 saturated heterocycles. The first kappa shape index (κ1) is 19.4. The van der Waals surface area contributed by atoms with Crippen LogP contribution in [0.15, 0.2) is 39.2 Å². The molecular formula is C20H22N4O4S. The number of benzene rings is 1. The van der Waals surface area contributed by atoms with Crippen LogP contribution in [-0.4, -0.2) is 41.3 Å². The molecule has 1 fully saturated rings. The van der Waals surface area contributed by atoms with Gasteiger partial charge >= 0.3 is 11.1 Å². The van der Waals surface area contributed by atoms with Crippen LogP contribution in [0.3, 0.4) is 0 Å². The van der Waals surface area contributed by atoms with E-state index in [1.54, 1.807) is 20.2 Å². The molecule has 9 heteroatoms. The summed E-state index contributed by atoms with van der Waals surface area (Å²) >= 11 is 1.53. The van der Waals surface area contributed by atoms with E-state index in [0.717, 1.165) is 10.6 Å². The summed E-state index contributed by atoms with van der Waals surface area (Å²) in [5, 5.41) is 4.94. The molecule has 0 unspecified atom stereocenters. The molecular weight excluding hydrogens is 392 g/mol. The maximum absolute atomic E-state index is 12.7. The normalized spacial score (nSPS) is 14.3. The molecule has 0 atom stereocenters. The number of nitrogens with one attached hydrogen (secondary N) is 1. The third-order valence-electron chi connectivity index (χ3n) is 5.15. The molecule has 29 heavy (non-hydrogen) atoms. The largest absolute Gasteiger partial charge is 0.378 e. The lowest BCUT2D eigenvalue weighted by molar-refractivity contribution is -0.115. The van der Waals surface area contributed by atoms with Crippen molar-refractivity contribution in [1.82, 2.24) is 9.13 Å². The van der Waals surface area contributed by atoms with E-state index in [1.807, 2.05) is 23.6 Å². The molecule has 0 spiro atoms. The van der Waals surface area contributed by atoms with Gasteiger partial charge in [-0.2, -0.15) is 0 Å². The fourth-order valence-corrected chi connectivity index (χ4v) is 4.24. The van der Waals surface area contributed by atoms with Crippen LogP contribution >= 0.6 is 11.3 Å². The van der Waals surface area contributed by atoms with Crippen LogP contribution in [0.2, 0.25) is 0 Å². The molecule has 0 saturated carbocycles. The molecule has 3 aromatic rings. The number of aryl methyl sites for hydroxylation is 2. The van der Waals surface area contributed by atoms with Crippen molar-refractivity contribution in [2.45, 2.75) is 6.42 Å². The molecule has 0 aliphatic carbocycles. The Morgan fingerprint density at radius 1 is 1.10 bits per heavy atom. The molecule has 8 nitrogen and oxygen atoms in total. The number of anilines is 2. The smallest absolute Gasteiger partial charge is 0.316 e. The summed E-state index contributed by atoms with van der Waals surface area (Å²) in [6.45, 7) is 2.54. The second kappa shape index (κ2) is 7.84. The van der Waals surface area contributed by atoms with Crippen LogP contribution in [0.1, 0.15) is 4.88 Å². The number of ether oxygens (including phenoxy) is 1. The van der Waals surface area contributed by atoms with Crippen molar-refractivity contribution < 1.29 is 9.53 Å². The number of carbonyl (C=O) groups excluding carboxylic acids is 1. The Labute approximate surface area is 170 Å². The van der Waals surface area contributed by atoms with E-state index >= 15 is 0 Å². The minimum absolute atomic E-state index is 0.129. The molecule has 1 aliphatic rings. The highest BCUT2D eigenvalue weighted by molar-refractivity contribution is 7.10. The summed E-state index contributed by atoms with van der Waals surface area (Å²) in [7, 11) is 3.15. The van der Waals surface area contributed by atoms with Crippen molar-refractivity contribution in [2.24, 2.45) is 14.1 Å². The number of carbonyl (C=O) groups is 1. The van der Waals surface area contributed by atoms with Gasteiger partial charge in [0.25, 0.3) is 0 Å². The van der Waals surface area contributed by atoms with E-state index < -0.39 is 11.1 Å². The Morgan fingerprint density at radius 2 is 1.76 bits per heavy atom. The lowest BCUT2D eigenvalue weighted by atomic mass is 10.1. The van der Waals surface area contributed by atoms with Crippen LogP contribution in [0, 0.1) is 0 Å². The third-order valence-corrected chi connectivity index (χ3v) is 6.02. The highest BCUT2D eigenvalue weighted by Gasteiger charge is 2.20. The molecule has 0 bridgehead atoms. The standard InChI is InChI=1S/C20H22N4O4S/c1-22-16-11-14(21-18(25)10-13-4-3-9-29-13)15(24-5-7-28-8-6-24)12-17(16)23(2)20(27)19(22)26/h3-4,9,11-12H,5-8,10H2,1-2H3,(H,21,25). The number of fused-ring (bicyclic) bond motifs is 1. The van der Waals surface area contributed by atoms with Crippen LogP contribution in [0.5, 0.6) is 0 Å². The van der Waals surface area contributed by atoms with E-state index in [0.29, 0.717) is 43.0 Å². The number of aromatic nitrogens is 2. The number of rotatable bonds is 4. The average Bonchev–Trinajstić information content (AvgIpc) is 3.24. The zero-order chi connectivity index (χ0) is 20.5. The molecule has 2 aromatic heterocycles. The van der Waals surface area contributed by atoms with Crippen LogP contribution < -0.4 is 21.3 Å². The molecule has 152 valence electrons. The fraction of sp³-hybridized carbons (Fsp3) is 0.350. The van der Waals surface area contributed by atoms with Gasteiger partial charge in [0, 0.05) is 32.1 Å². The van der Waals surface area contributed by atoms with Crippen LogP contribution in [0.25, 0.3) is 11.0 Å². The van der Waals surface area contributed by atoms with Crippen LogP contribution in [0.4, 0.5) is 11.4 Å². The Balaban J connectivity index is 1.82. The van der Waals surface area contributed by atoms with Gasteiger partial charge in [-0.15, -0.1) is 11.3 Å². The predicted octanol–water partition coefficient (Wildman–Crippen LogP) is 1.32. The van der Waals surface area contributed by atoms with Gasteiger partial charge in [-0.05, 0) is 23.6 Å². The van der Waals surface area contributed by atoms with E-state index in [9.17, 15) is 14.4 Å². The summed E-state index contributed by atoms with van der Waals surface area (Å²) in [5.41, 5.74) is 1.47. The lowest BCUT2D eigenvalue weighted by Gasteiger charge is -2.31. The van der Waals surface area contributed by atoms with E-state index in [2.05, 4.69) is 10.2 Å². The zero-order valence-corrected chi connectivity index (χ0v) is 17.1. The SMILES string of the molecule is Cn1c(=O)c(=O)n(C)c2cc(N3CCOCC3)c(NC(=O)Cc3cccs3)cc21. The fourth-order valence-electron chi connectivity index (χ4n) is 3.54. The second-order valence-electron chi connectivity index (χ2n) is 6.99. The number of hydrogen-bond acceptors (Lipinski definition) is 6. The summed E-state index contributed by atoms with van der Waals surface area (Å²) < 4.78 is 8.14. The molecule has 1 amide bonds. The number of hydrogen-bond donors (Lipinski definition) is 1. The van der Waals surface area contributed by atoms with Gasteiger partial charge in [-0.1, -0.05) is 6.07 Å². The Bertz CT molecular complexity index is 1170. The molecule has 3 heterocycles. The number of thiophene rings is 1. The quantitative estimate of drug-likeness (QED) is 0.651. The highest BCUT2D eigenvalue weighted by atomic mass is 32.1. The first-order valence-corrected chi connectivity index (χ1v) is 10.2. The van der Waals surface area contributed by atoms with Gasteiger partial charge in [0.15, 0.2) is 0 Å². The van der Waals surface area contributed by atoms with E-state index in [-0.39, 0.29) is 12.3 Å². The van der Waals surface area contributed by atoms with Crippen LogP contribution in [-0.2, 0) is 30.0 Å². The van der Waals surface area contributed by atoms with Gasteiger partial charge in [0.05, 0.1) is 42.0 Å². The minimum atomic E-state index is -0.602. The average molecular weight is 414 g/mol. The highest BCUT2D eigenvalue weighted by Crippen LogP contribution is 2.31. The molecule has 1 aliphatic heterocycles. The summed E-state index contributed by atoms with van der Waals surface area (Å²) in [6.07, 6.45) is 0.282. The topological polar surface area (TPSA) is 85.6 Å². The first-order chi connectivity index (χ1) is 14.0. The van der Waals surface area contributed by atoms with Crippen molar-refractivity contribution in [3.8, 4) is 0 Å². The Morgan fingerprint density at radius 3 is 2.38 bits per heavy atom. The van der Waals surface area contributed by atoms with Crippen molar-refractivity contribution in [3.63, 3.8) is 0 Å². The second-order valence-corrected chi connectivity index (χ2v) is 8.02. The summed E-state index contributed by atoms with van der Waals surface area (Å²) in [6, 6.07) is 7.47. The van der Waals surface area contributed by atoms with Gasteiger partial charge in [-0.25, -0.2) is 0 Å². The Kier molecular flexibility index (Phi) is 5.25. The number of amides is 1. The monoisotopic (exact) mass is 414 g/mol. The Hall–Kier alpha value is -2.91. The number of morpholine rings is 1. The lowest BCUT2D eigenvalue weighted by Crippen LogP contribution is -2.40. The first-order valence-electron chi connectivity index (χ1n) is 9.34. The summed E-state index contributed by atoms with van der Waals surface area (Å²) in [4.78, 5) is 40.3. The van der Waals surface area contributed by atoms with Crippen molar-refractivity contribution in [2.75, 3.05) is 36.5 Å². The van der Waals surface area contributed by atoms with Gasteiger partial charge in [-0.3, -0.25) is 14.4 Å². The van der Waals surface area contributed by atoms with Gasteiger partial charge in [0.1, 0.15) is 0 Å². The van der Waals surface area contributed by atoms with E-state index in [1.165, 1.54) is 20.5 Å². The van der Waals surface area contributed by atoms with Crippen molar-refractivity contribution in [1.29, 1.82) is 0 Å². The summed E-state index contributed by atoms with van der Waals surface area (Å²) in [5.74, 6) is -0.129. The molecule has 0 radical (unpaired) electrons. The van der Waals surface area contributed by atoms with Crippen molar-refractivity contribution >= 4 is 39.7 Å². The van der Waals surface area contributed by atoms with Gasteiger partial charge < -0.3 is 24.1 Å². The molecule has 4 rings (SSSR count). The predicted molar refractivity (Wildman–Crippen MR) is 114 cm³/mol. The maximum atomic E-state index is 12.7. The number of nitrogens with zero attached hydrogens (tertiary/aromatic N) is 3. The van der Waals surface area contributed by atoms with E-state index in [4.69, 9.17) is 4.74 Å².